The fourth-order valence-corrected chi connectivity index (χ4v) is 0.963. The molecule has 0 saturated heterocycles. The first-order valence-electron chi connectivity index (χ1n) is 4.15. The summed E-state index contributed by atoms with van der Waals surface area (Å²) in [6.07, 6.45) is 2.52. The lowest BCUT2D eigenvalue weighted by Gasteiger charge is -2.10. The second-order valence-electron chi connectivity index (χ2n) is 2.88. The fourth-order valence-electron chi connectivity index (χ4n) is 0.963. The van der Waals surface area contributed by atoms with E-state index in [4.69, 9.17) is 5.11 Å². The Morgan fingerprint density at radius 2 is 2.58 bits per heavy atom. The molecule has 0 spiro atoms. The van der Waals surface area contributed by atoms with Crippen molar-refractivity contribution in [2.45, 2.75) is 25.9 Å². The van der Waals surface area contributed by atoms with Crippen LogP contribution in [-0.2, 0) is 6.54 Å². The van der Waals surface area contributed by atoms with Crippen LogP contribution < -0.4 is 5.32 Å². The van der Waals surface area contributed by atoms with Gasteiger partial charge in [-0.05, 0) is 19.4 Å². The highest BCUT2D eigenvalue weighted by atomic mass is 16.3. The van der Waals surface area contributed by atoms with Crippen LogP contribution in [0, 0.1) is 0 Å². The number of nitrogens with one attached hydrogen (secondary N) is 2. The molecule has 0 saturated carbocycles. The van der Waals surface area contributed by atoms with E-state index in [0.29, 0.717) is 6.04 Å². The van der Waals surface area contributed by atoms with E-state index < -0.39 is 0 Å². The molecular weight excluding hydrogens is 154 g/mol. The monoisotopic (exact) mass is 169 g/mol. The Labute approximate surface area is 72.0 Å². The first kappa shape index (κ1) is 9.22. The van der Waals surface area contributed by atoms with Crippen LogP contribution in [0.4, 0.5) is 0 Å². The van der Waals surface area contributed by atoms with Gasteiger partial charge in [-0.15, -0.1) is 0 Å². The van der Waals surface area contributed by atoms with Gasteiger partial charge in [0.1, 0.15) is 0 Å². The SMILES string of the molecule is C[C@H](CCO)NCc1ccn[nH]1. The van der Waals surface area contributed by atoms with Gasteiger partial charge in [-0.3, -0.25) is 5.10 Å². The molecule has 4 nitrogen and oxygen atoms in total. The van der Waals surface area contributed by atoms with Crippen molar-refractivity contribution >= 4 is 0 Å². The summed E-state index contributed by atoms with van der Waals surface area (Å²) < 4.78 is 0. The number of rotatable bonds is 5. The molecular formula is C8H15N3O. The predicted molar refractivity (Wildman–Crippen MR) is 46.6 cm³/mol. The molecule has 0 bridgehead atoms. The molecule has 1 atom stereocenters. The lowest BCUT2D eigenvalue weighted by molar-refractivity contribution is 0.268. The van der Waals surface area contributed by atoms with Crippen molar-refractivity contribution in [3.8, 4) is 0 Å². The Bertz CT molecular complexity index is 198. The molecule has 1 aromatic rings. The maximum absolute atomic E-state index is 8.63. The fraction of sp³-hybridized carbons (Fsp3) is 0.625. The summed E-state index contributed by atoms with van der Waals surface area (Å²) in [6, 6.07) is 2.27. The maximum Gasteiger partial charge on any atom is 0.0490 e. The summed E-state index contributed by atoms with van der Waals surface area (Å²) in [5.41, 5.74) is 1.07. The van der Waals surface area contributed by atoms with Crippen molar-refractivity contribution in [3.63, 3.8) is 0 Å². The predicted octanol–water partition coefficient (Wildman–Crippen LogP) is 0.270. The standard InChI is InChI=1S/C8H15N3O/c1-7(3-5-12)9-6-8-2-4-10-11-8/h2,4,7,9,12H,3,5-6H2,1H3,(H,10,11)/t7-/m1/s1. The summed E-state index contributed by atoms with van der Waals surface area (Å²) in [6.45, 7) is 3.06. The zero-order chi connectivity index (χ0) is 8.81. The average molecular weight is 169 g/mol. The van der Waals surface area contributed by atoms with Crippen LogP contribution in [0.25, 0.3) is 0 Å². The topological polar surface area (TPSA) is 60.9 Å². The van der Waals surface area contributed by atoms with E-state index in [0.717, 1.165) is 18.7 Å². The second kappa shape index (κ2) is 4.90. The number of aromatic nitrogens is 2. The summed E-state index contributed by atoms with van der Waals surface area (Å²) in [5.74, 6) is 0. The lowest BCUT2D eigenvalue weighted by atomic mass is 10.2. The first-order chi connectivity index (χ1) is 5.83. The van der Waals surface area contributed by atoms with Crippen LogP contribution in [0.5, 0.6) is 0 Å². The molecule has 0 radical (unpaired) electrons. The Kier molecular flexibility index (Phi) is 3.76. The largest absolute Gasteiger partial charge is 0.396 e. The molecule has 0 unspecified atom stereocenters. The minimum atomic E-state index is 0.233. The molecule has 0 aliphatic carbocycles. The molecule has 12 heavy (non-hydrogen) atoms. The molecule has 1 rings (SSSR count). The Morgan fingerprint density at radius 3 is 3.17 bits per heavy atom. The summed E-state index contributed by atoms with van der Waals surface area (Å²) >= 11 is 0. The van der Waals surface area contributed by atoms with Crippen molar-refractivity contribution in [2.75, 3.05) is 6.61 Å². The van der Waals surface area contributed by atoms with Gasteiger partial charge < -0.3 is 10.4 Å². The van der Waals surface area contributed by atoms with Gasteiger partial charge in [0.2, 0.25) is 0 Å². The van der Waals surface area contributed by atoms with E-state index in [-0.39, 0.29) is 6.61 Å². The molecule has 0 aromatic carbocycles. The van der Waals surface area contributed by atoms with Crippen molar-refractivity contribution in [3.05, 3.63) is 18.0 Å². The summed E-state index contributed by atoms with van der Waals surface area (Å²) in [7, 11) is 0. The van der Waals surface area contributed by atoms with Crippen LogP contribution in [0.1, 0.15) is 19.0 Å². The van der Waals surface area contributed by atoms with Crippen LogP contribution in [0.15, 0.2) is 12.3 Å². The Balaban J connectivity index is 2.17. The van der Waals surface area contributed by atoms with Gasteiger partial charge in [-0.2, -0.15) is 5.10 Å². The Morgan fingerprint density at radius 1 is 1.75 bits per heavy atom. The zero-order valence-corrected chi connectivity index (χ0v) is 7.25. The minimum Gasteiger partial charge on any atom is -0.396 e. The zero-order valence-electron chi connectivity index (χ0n) is 7.25. The van der Waals surface area contributed by atoms with Crippen molar-refractivity contribution in [1.29, 1.82) is 0 Å². The van der Waals surface area contributed by atoms with Crippen LogP contribution >= 0.6 is 0 Å². The molecule has 0 aliphatic heterocycles. The first-order valence-corrected chi connectivity index (χ1v) is 4.15. The van der Waals surface area contributed by atoms with E-state index in [9.17, 15) is 0 Å². The normalized spacial score (nSPS) is 13.2. The van der Waals surface area contributed by atoms with Gasteiger partial charge in [0.05, 0.1) is 0 Å². The molecule has 68 valence electrons. The number of hydrogen-bond acceptors (Lipinski definition) is 3. The lowest BCUT2D eigenvalue weighted by Crippen LogP contribution is -2.26. The number of nitrogens with zero attached hydrogens (tertiary/aromatic N) is 1. The highest BCUT2D eigenvalue weighted by Gasteiger charge is 1.99. The number of aliphatic hydroxyl groups is 1. The maximum atomic E-state index is 8.63. The van der Waals surface area contributed by atoms with E-state index >= 15 is 0 Å². The smallest absolute Gasteiger partial charge is 0.0490 e. The number of H-pyrrole nitrogens is 1. The molecule has 3 N–H and O–H groups in total. The molecule has 4 heteroatoms. The van der Waals surface area contributed by atoms with Crippen LogP contribution in [0.3, 0.4) is 0 Å². The summed E-state index contributed by atoms with van der Waals surface area (Å²) in [4.78, 5) is 0. The molecule has 0 aliphatic rings. The highest BCUT2D eigenvalue weighted by molar-refractivity contribution is 4.96. The molecule has 1 aromatic heterocycles. The van der Waals surface area contributed by atoms with Gasteiger partial charge in [-0.1, -0.05) is 0 Å². The van der Waals surface area contributed by atoms with Crippen molar-refractivity contribution in [1.82, 2.24) is 15.5 Å². The second-order valence-corrected chi connectivity index (χ2v) is 2.88. The van der Waals surface area contributed by atoms with Crippen LogP contribution in [0.2, 0.25) is 0 Å². The van der Waals surface area contributed by atoms with Gasteiger partial charge >= 0.3 is 0 Å². The van der Waals surface area contributed by atoms with Gasteiger partial charge in [0.15, 0.2) is 0 Å². The van der Waals surface area contributed by atoms with E-state index in [1.165, 1.54) is 0 Å². The van der Waals surface area contributed by atoms with E-state index in [2.05, 4.69) is 15.5 Å². The van der Waals surface area contributed by atoms with Crippen molar-refractivity contribution < 1.29 is 5.11 Å². The van der Waals surface area contributed by atoms with Gasteiger partial charge in [0, 0.05) is 31.1 Å². The average Bonchev–Trinajstić information content (AvgIpc) is 2.53. The summed E-state index contributed by atoms with van der Waals surface area (Å²) in [5, 5.41) is 18.6. The van der Waals surface area contributed by atoms with Gasteiger partial charge in [-0.25, -0.2) is 0 Å². The number of aliphatic hydroxyl groups excluding tert-OH is 1. The number of hydrogen-bond donors (Lipinski definition) is 3. The Hall–Kier alpha value is -0.870. The van der Waals surface area contributed by atoms with Crippen molar-refractivity contribution in [2.24, 2.45) is 0 Å². The minimum absolute atomic E-state index is 0.233. The molecule has 1 heterocycles. The molecule has 0 fully saturated rings. The number of aromatic amines is 1. The van der Waals surface area contributed by atoms with E-state index in [1.807, 2.05) is 13.0 Å². The quantitative estimate of drug-likeness (QED) is 0.593. The van der Waals surface area contributed by atoms with Crippen LogP contribution in [-0.4, -0.2) is 28.0 Å². The third-order valence-electron chi connectivity index (χ3n) is 1.76. The molecule has 0 amide bonds. The van der Waals surface area contributed by atoms with Gasteiger partial charge in [0.25, 0.3) is 0 Å². The highest BCUT2D eigenvalue weighted by Crippen LogP contribution is 1.94. The third-order valence-corrected chi connectivity index (χ3v) is 1.76. The third kappa shape index (κ3) is 3.02. The van der Waals surface area contributed by atoms with E-state index in [1.54, 1.807) is 6.20 Å².